The van der Waals surface area contributed by atoms with Crippen molar-refractivity contribution in [2.45, 2.75) is 19.5 Å². The molecule has 1 aromatic carbocycles. The number of rotatable bonds is 3. The molecule has 0 bridgehead atoms. The Kier molecular flexibility index (Phi) is 3.46. The summed E-state index contributed by atoms with van der Waals surface area (Å²) in [5, 5.41) is 13.5. The highest BCUT2D eigenvalue weighted by molar-refractivity contribution is 5.82. The van der Waals surface area contributed by atoms with E-state index in [9.17, 15) is 9.90 Å². The second-order valence-corrected chi connectivity index (χ2v) is 5.16. The highest BCUT2D eigenvalue weighted by Gasteiger charge is 2.29. The van der Waals surface area contributed by atoms with E-state index >= 15 is 0 Å². The normalized spacial score (nSPS) is 20.4. The molecule has 2 N–H and O–H groups in total. The molecule has 1 aromatic heterocycles. The molecule has 106 valence electrons. The van der Waals surface area contributed by atoms with E-state index in [-0.39, 0.29) is 0 Å². The molecule has 5 heteroatoms. The minimum Gasteiger partial charge on any atom is -0.480 e. The maximum absolute atomic E-state index is 11.3. The fraction of sp³-hybridized carbons (Fsp3) is 0.400. The summed E-state index contributed by atoms with van der Waals surface area (Å²) in [6, 6.07) is 7.42. The lowest BCUT2D eigenvalue weighted by Crippen LogP contribution is -2.54. The summed E-state index contributed by atoms with van der Waals surface area (Å²) in [6.45, 7) is 4.59. The molecule has 1 aliphatic rings. The fourth-order valence-corrected chi connectivity index (χ4v) is 2.80. The Labute approximate surface area is 117 Å². The van der Waals surface area contributed by atoms with E-state index in [1.807, 2.05) is 36.1 Å². The van der Waals surface area contributed by atoms with Gasteiger partial charge in [0.15, 0.2) is 0 Å². The van der Waals surface area contributed by atoms with Crippen LogP contribution >= 0.6 is 0 Å². The molecule has 0 saturated carbocycles. The lowest BCUT2D eigenvalue weighted by molar-refractivity contribution is -0.144. The first-order valence-electron chi connectivity index (χ1n) is 6.81. The average molecular weight is 274 g/mol. The highest BCUT2D eigenvalue weighted by atomic mass is 16.4. The number of aliphatic carboxylic acids is 1. The van der Waals surface area contributed by atoms with Crippen LogP contribution in [0.4, 0.5) is 0 Å². The molecular weight excluding hydrogens is 256 g/mol. The van der Waals surface area contributed by atoms with Crippen molar-refractivity contribution in [1.82, 2.24) is 10.2 Å². The summed E-state index contributed by atoms with van der Waals surface area (Å²) in [6.07, 6.45) is 0. The summed E-state index contributed by atoms with van der Waals surface area (Å²) in [5.41, 5.74) is 1.95. The van der Waals surface area contributed by atoms with Crippen molar-refractivity contribution in [3.63, 3.8) is 0 Å². The first kappa shape index (κ1) is 13.1. The van der Waals surface area contributed by atoms with Gasteiger partial charge in [-0.15, -0.1) is 0 Å². The number of hydrogen-bond acceptors (Lipinski definition) is 4. The van der Waals surface area contributed by atoms with Gasteiger partial charge in [-0.05, 0) is 13.0 Å². The van der Waals surface area contributed by atoms with E-state index < -0.39 is 12.0 Å². The zero-order valence-corrected chi connectivity index (χ0v) is 11.4. The third-order valence-corrected chi connectivity index (χ3v) is 3.90. The van der Waals surface area contributed by atoms with Gasteiger partial charge >= 0.3 is 5.97 Å². The zero-order chi connectivity index (χ0) is 14.1. The molecule has 0 amide bonds. The number of piperazine rings is 1. The van der Waals surface area contributed by atoms with E-state index in [2.05, 4.69) is 5.32 Å². The number of benzene rings is 1. The van der Waals surface area contributed by atoms with Crippen LogP contribution in [-0.2, 0) is 11.3 Å². The van der Waals surface area contributed by atoms with Gasteiger partial charge in [0.25, 0.3) is 0 Å². The van der Waals surface area contributed by atoms with Crippen molar-refractivity contribution in [2.75, 3.05) is 19.6 Å². The number of aryl methyl sites for hydroxylation is 1. The molecule has 2 aromatic rings. The SMILES string of the molecule is Cc1oc2ccccc2c1CN1CCNCC1C(=O)O. The Bertz CT molecular complexity index is 635. The molecule has 1 aliphatic heterocycles. The second kappa shape index (κ2) is 5.26. The maximum Gasteiger partial charge on any atom is 0.322 e. The Morgan fingerprint density at radius 1 is 1.50 bits per heavy atom. The van der Waals surface area contributed by atoms with Gasteiger partial charge in [0.1, 0.15) is 17.4 Å². The number of nitrogens with one attached hydrogen (secondary N) is 1. The van der Waals surface area contributed by atoms with Crippen LogP contribution < -0.4 is 5.32 Å². The van der Waals surface area contributed by atoms with Crippen molar-refractivity contribution >= 4 is 16.9 Å². The number of carboxylic acid groups (broad SMARTS) is 1. The Morgan fingerprint density at radius 2 is 2.30 bits per heavy atom. The van der Waals surface area contributed by atoms with Crippen LogP contribution in [0.25, 0.3) is 11.0 Å². The highest BCUT2D eigenvalue weighted by Crippen LogP contribution is 2.27. The first-order valence-corrected chi connectivity index (χ1v) is 6.81. The van der Waals surface area contributed by atoms with Crippen molar-refractivity contribution in [1.29, 1.82) is 0 Å². The molecule has 0 spiro atoms. The lowest BCUT2D eigenvalue weighted by Gasteiger charge is -2.33. The van der Waals surface area contributed by atoms with Crippen molar-refractivity contribution < 1.29 is 14.3 Å². The number of carboxylic acids is 1. The molecule has 20 heavy (non-hydrogen) atoms. The molecule has 5 nitrogen and oxygen atoms in total. The molecule has 1 atom stereocenters. The van der Waals surface area contributed by atoms with E-state index in [4.69, 9.17) is 4.42 Å². The monoisotopic (exact) mass is 274 g/mol. The van der Waals surface area contributed by atoms with Crippen molar-refractivity contribution in [2.24, 2.45) is 0 Å². The third-order valence-electron chi connectivity index (χ3n) is 3.90. The molecule has 0 aliphatic carbocycles. The van der Waals surface area contributed by atoms with Crippen LogP contribution in [0.3, 0.4) is 0 Å². The Hall–Kier alpha value is -1.85. The summed E-state index contributed by atoms with van der Waals surface area (Å²) < 4.78 is 5.75. The number of para-hydroxylation sites is 1. The lowest BCUT2D eigenvalue weighted by atomic mass is 10.1. The molecule has 1 saturated heterocycles. The van der Waals surface area contributed by atoms with E-state index in [0.717, 1.165) is 35.4 Å². The summed E-state index contributed by atoms with van der Waals surface area (Å²) in [7, 11) is 0. The van der Waals surface area contributed by atoms with Crippen LogP contribution in [0.1, 0.15) is 11.3 Å². The van der Waals surface area contributed by atoms with Gasteiger partial charge in [0, 0.05) is 37.1 Å². The van der Waals surface area contributed by atoms with Crippen LogP contribution in [0.2, 0.25) is 0 Å². The van der Waals surface area contributed by atoms with Gasteiger partial charge < -0.3 is 14.8 Å². The standard InChI is InChI=1S/C15H18N2O3/c1-10-12(11-4-2-3-5-14(11)20-10)9-17-7-6-16-8-13(17)15(18)19/h2-5,13,16H,6-9H2,1H3,(H,18,19). The number of hydrogen-bond donors (Lipinski definition) is 2. The largest absolute Gasteiger partial charge is 0.480 e. The topological polar surface area (TPSA) is 65.7 Å². The predicted molar refractivity (Wildman–Crippen MR) is 75.7 cm³/mol. The van der Waals surface area contributed by atoms with Crippen LogP contribution in [0, 0.1) is 6.92 Å². The van der Waals surface area contributed by atoms with Gasteiger partial charge in [-0.3, -0.25) is 9.69 Å². The summed E-state index contributed by atoms with van der Waals surface area (Å²) in [4.78, 5) is 13.3. The van der Waals surface area contributed by atoms with E-state index in [1.54, 1.807) is 0 Å². The second-order valence-electron chi connectivity index (χ2n) is 5.16. The Morgan fingerprint density at radius 3 is 3.10 bits per heavy atom. The molecule has 1 fully saturated rings. The molecule has 0 radical (unpaired) electrons. The van der Waals surface area contributed by atoms with Gasteiger partial charge in [0.05, 0.1) is 0 Å². The fourth-order valence-electron chi connectivity index (χ4n) is 2.80. The predicted octanol–water partition coefficient (Wildman–Crippen LogP) is 1.60. The minimum absolute atomic E-state index is 0.475. The quantitative estimate of drug-likeness (QED) is 0.890. The molecule has 2 heterocycles. The average Bonchev–Trinajstić information content (AvgIpc) is 2.76. The number of fused-ring (bicyclic) bond motifs is 1. The van der Waals surface area contributed by atoms with E-state index in [1.165, 1.54) is 0 Å². The number of carbonyl (C=O) groups is 1. The third kappa shape index (κ3) is 2.30. The number of furan rings is 1. The maximum atomic E-state index is 11.3. The van der Waals surface area contributed by atoms with Crippen LogP contribution in [0.15, 0.2) is 28.7 Å². The first-order chi connectivity index (χ1) is 9.66. The van der Waals surface area contributed by atoms with Crippen LogP contribution in [-0.4, -0.2) is 41.7 Å². The van der Waals surface area contributed by atoms with E-state index in [0.29, 0.717) is 13.1 Å². The van der Waals surface area contributed by atoms with Crippen molar-refractivity contribution in [3.05, 3.63) is 35.6 Å². The smallest absolute Gasteiger partial charge is 0.322 e. The van der Waals surface area contributed by atoms with Gasteiger partial charge in [-0.2, -0.15) is 0 Å². The van der Waals surface area contributed by atoms with Gasteiger partial charge in [0.2, 0.25) is 0 Å². The summed E-state index contributed by atoms with van der Waals surface area (Å²) >= 11 is 0. The molecule has 3 rings (SSSR count). The Balaban J connectivity index is 1.92. The van der Waals surface area contributed by atoms with Crippen molar-refractivity contribution in [3.8, 4) is 0 Å². The molecule has 1 unspecified atom stereocenters. The summed E-state index contributed by atoms with van der Waals surface area (Å²) in [5.74, 6) is 0.0940. The van der Waals surface area contributed by atoms with Gasteiger partial charge in [-0.25, -0.2) is 0 Å². The molecular formula is C15H18N2O3. The zero-order valence-electron chi connectivity index (χ0n) is 11.4. The minimum atomic E-state index is -0.775. The van der Waals surface area contributed by atoms with Gasteiger partial charge in [-0.1, -0.05) is 18.2 Å². The number of nitrogens with zero attached hydrogens (tertiary/aromatic N) is 1. The van der Waals surface area contributed by atoms with Crippen LogP contribution in [0.5, 0.6) is 0 Å².